The van der Waals surface area contributed by atoms with E-state index in [0.717, 1.165) is 36.2 Å². The first-order valence-electron chi connectivity index (χ1n) is 17.0. The summed E-state index contributed by atoms with van der Waals surface area (Å²) in [6.07, 6.45) is 16.2. The van der Waals surface area contributed by atoms with Crippen molar-refractivity contribution in [1.29, 1.82) is 0 Å². The zero-order valence-corrected chi connectivity index (χ0v) is 27.5. The molecule has 0 spiro atoms. The predicted molar refractivity (Wildman–Crippen MR) is 172 cm³/mol. The van der Waals surface area contributed by atoms with Crippen molar-refractivity contribution in [1.82, 2.24) is 0 Å². The molecule has 5 fully saturated rings. The van der Waals surface area contributed by atoms with Gasteiger partial charge in [-0.2, -0.15) is 0 Å². The van der Waals surface area contributed by atoms with Crippen LogP contribution in [0.5, 0.6) is 5.75 Å². The van der Waals surface area contributed by atoms with Crippen molar-refractivity contribution >= 4 is 12.0 Å². The van der Waals surface area contributed by atoms with Crippen LogP contribution in [0.4, 0.5) is 0 Å². The Hall–Kier alpha value is -2.03. The molecule has 230 valence electrons. The fourth-order valence-corrected chi connectivity index (χ4v) is 12.6. The van der Waals surface area contributed by atoms with Crippen molar-refractivity contribution in [2.45, 2.75) is 119 Å². The van der Waals surface area contributed by atoms with Gasteiger partial charge in [-0.25, -0.2) is 4.79 Å². The lowest BCUT2D eigenvalue weighted by molar-refractivity contribution is -0.248. The first kappa shape index (κ1) is 30.0. The van der Waals surface area contributed by atoms with Gasteiger partial charge in [-0.3, -0.25) is 0 Å². The van der Waals surface area contributed by atoms with Gasteiger partial charge in [-0.05, 0) is 146 Å². The van der Waals surface area contributed by atoms with Crippen LogP contribution < -0.4 is 0 Å². The Morgan fingerprint density at radius 2 is 1.57 bits per heavy atom. The molecule has 1 N–H and O–H groups in total. The Bertz CT molecular complexity index is 1260. The first-order valence-corrected chi connectivity index (χ1v) is 17.0. The lowest BCUT2D eigenvalue weighted by Gasteiger charge is -2.73. The van der Waals surface area contributed by atoms with E-state index in [4.69, 9.17) is 4.74 Å². The van der Waals surface area contributed by atoms with Crippen molar-refractivity contribution in [3.8, 4) is 5.75 Å². The molecule has 3 heteroatoms. The van der Waals surface area contributed by atoms with E-state index >= 15 is 0 Å². The van der Waals surface area contributed by atoms with Gasteiger partial charge in [0.1, 0.15) is 11.9 Å². The third-order valence-electron chi connectivity index (χ3n) is 15.0. The molecule has 0 saturated heterocycles. The van der Waals surface area contributed by atoms with E-state index in [1.165, 1.54) is 56.9 Å². The Balaban J connectivity index is 1.22. The summed E-state index contributed by atoms with van der Waals surface area (Å²) in [5.74, 6) is 3.57. The van der Waals surface area contributed by atoms with Crippen LogP contribution in [0.25, 0.3) is 6.08 Å². The molecule has 0 aliphatic heterocycles. The van der Waals surface area contributed by atoms with Crippen molar-refractivity contribution in [2.75, 3.05) is 0 Å². The molecule has 0 amide bonds. The van der Waals surface area contributed by atoms with Crippen LogP contribution in [0.15, 0.2) is 42.5 Å². The van der Waals surface area contributed by atoms with Crippen molar-refractivity contribution < 1.29 is 14.6 Å². The van der Waals surface area contributed by atoms with Gasteiger partial charge in [0.05, 0.1) is 0 Å². The number of allylic oxidation sites excluding steroid dienone is 1. The fourth-order valence-electron chi connectivity index (χ4n) is 12.6. The highest BCUT2D eigenvalue weighted by Gasteiger charge is 2.70. The van der Waals surface area contributed by atoms with Gasteiger partial charge in [-0.15, -0.1) is 0 Å². The highest BCUT2D eigenvalue weighted by molar-refractivity contribution is 5.87. The largest absolute Gasteiger partial charge is 0.508 e. The number of phenols is 1. The molecule has 1 aromatic rings. The van der Waals surface area contributed by atoms with Crippen LogP contribution in [-0.2, 0) is 9.53 Å². The second-order valence-electron chi connectivity index (χ2n) is 17.1. The number of phenolic OH excluding ortho intramolecular Hbond substituents is 1. The number of benzene rings is 1. The highest BCUT2D eigenvalue weighted by Crippen LogP contribution is 2.77. The third kappa shape index (κ3) is 4.29. The van der Waals surface area contributed by atoms with Crippen LogP contribution in [0.2, 0.25) is 0 Å². The van der Waals surface area contributed by atoms with Gasteiger partial charge in [0, 0.05) is 11.5 Å². The average molecular weight is 573 g/mol. The molecule has 0 radical (unpaired) electrons. The monoisotopic (exact) mass is 572 g/mol. The summed E-state index contributed by atoms with van der Waals surface area (Å²) in [4.78, 5) is 13.0. The molecule has 5 aliphatic rings. The lowest BCUT2D eigenvalue weighted by Crippen LogP contribution is -2.66. The van der Waals surface area contributed by atoms with Crippen LogP contribution in [0, 0.1) is 56.7 Å². The molecule has 5 saturated carbocycles. The second-order valence-corrected chi connectivity index (χ2v) is 17.1. The van der Waals surface area contributed by atoms with Crippen LogP contribution in [0.1, 0.15) is 118 Å². The molecule has 10 atom stereocenters. The van der Waals surface area contributed by atoms with E-state index in [9.17, 15) is 9.90 Å². The molecule has 5 aliphatic carbocycles. The number of carbonyl (C=O) groups excluding carboxylic acids is 1. The average Bonchev–Trinajstić information content (AvgIpc) is 3.28. The van der Waals surface area contributed by atoms with Gasteiger partial charge >= 0.3 is 5.97 Å². The van der Waals surface area contributed by atoms with E-state index in [-0.39, 0.29) is 28.7 Å². The summed E-state index contributed by atoms with van der Waals surface area (Å²) < 4.78 is 6.22. The van der Waals surface area contributed by atoms with Gasteiger partial charge in [0.25, 0.3) is 0 Å². The SMILES string of the molecule is C=C(C)[C@@H]1CC[C@]2(C)CC[C@]3(C)[C@H](CC[C@@H]4[C@@]5(C)CCC(OC(=O)/C=C/c6ccc(O)cc6)C(C)(C)[C@@H]5CC[C@]43C)[C@@H]12. The summed E-state index contributed by atoms with van der Waals surface area (Å²) in [6, 6.07) is 6.89. The molecular weight excluding hydrogens is 516 g/mol. The van der Waals surface area contributed by atoms with Gasteiger partial charge in [-0.1, -0.05) is 65.8 Å². The molecular formula is C39H56O3. The number of ether oxygens (including phenoxy) is 1. The van der Waals surface area contributed by atoms with Gasteiger partial charge < -0.3 is 9.84 Å². The molecule has 6 rings (SSSR count). The van der Waals surface area contributed by atoms with Gasteiger partial charge in [0.15, 0.2) is 0 Å². The van der Waals surface area contributed by atoms with Gasteiger partial charge in [0.2, 0.25) is 0 Å². The minimum Gasteiger partial charge on any atom is -0.508 e. The number of fused-ring (bicyclic) bond motifs is 7. The summed E-state index contributed by atoms with van der Waals surface area (Å²) in [6.45, 7) is 22.3. The van der Waals surface area contributed by atoms with E-state index < -0.39 is 0 Å². The summed E-state index contributed by atoms with van der Waals surface area (Å²) in [7, 11) is 0. The van der Waals surface area contributed by atoms with Crippen LogP contribution in [-0.4, -0.2) is 17.2 Å². The fraction of sp³-hybridized carbons (Fsp3) is 0.718. The van der Waals surface area contributed by atoms with E-state index in [0.29, 0.717) is 28.1 Å². The number of aromatic hydroxyl groups is 1. The van der Waals surface area contributed by atoms with Crippen LogP contribution >= 0.6 is 0 Å². The molecule has 1 unspecified atom stereocenters. The Morgan fingerprint density at radius 3 is 2.26 bits per heavy atom. The van der Waals surface area contributed by atoms with Crippen molar-refractivity contribution in [3.05, 3.63) is 48.1 Å². The zero-order valence-electron chi connectivity index (χ0n) is 27.5. The number of carbonyl (C=O) groups is 1. The highest BCUT2D eigenvalue weighted by atomic mass is 16.5. The number of esters is 1. The van der Waals surface area contributed by atoms with E-state index in [1.807, 2.05) is 12.1 Å². The maximum absolute atomic E-state index is 13.0. The smallest absolute Gasteiger partial charge is 0.331 e. The van der Waals surface area contributed by atoms with Crippen molar-refractivity contribution in [3.63, 3.8) is 0 Å². The van der Waals surface area contributed by atoms with E-state index in [1.54, 1.807) is 24.3 Å². The van der Waals surface area contributed by atoms with Crippen LogP contribution in [0.3, 0.4) is 0 Å². The maximum atomic E-state index is 13.0. The first-order chi connectivity index (χ1) is 19.7. The standard InChI is InChI=1S/C39H56O3/c1-25(2)28-17-20-36(5)23-24-38(7)29(34(28)36)14-15-31-37(6)21-19-32(35(3,4)30(37)18-22-39(31,38)8)42-33(41)16-11-26-9-12-27(40)13-10-26/h9-13,16,28-32,34,40H,1,14-15,17-24H2,2-8H3/b16-11+/t28-,29+,30-,31+,32?,34+,36+,37-,38+,39+/m0/s1. The summed E-state index contributed by atoms with van der Waals surface area (Å²) in [5, 5.41) is 9.54. The summed E-state index contributed by atoms with van der Waals surface area (Å²) in [5.41, 5.74) is 3.78. The molecule has 42 heavy (non-hydrogen) atoms. The number of hydrogen-bond donors (Lipinski definition) is 1. The third-order valence-corrected chi connectivity index (χ3v) is 15.0. The molecule has 3 nitrogen and oxygen atoms in total. The predicted octanol–water partition coefficient (Wildman–Crippen LogP) is 9.99. The molecule has 0 aromatic heterocycles. The number of hydrogen-bond acceptors (Lipinski definition) is 3. The maximum Gasteiger partial charge on any atom is 0.331 e. The molecule has 1 aromatic carbocycles. The Labute approximate surface area is 255 Å². The summed E-state index contributed by atoms with van der Waals surface area (Å²) >= 11 is 0. The second kappa shape index (κ2) is 10.00. The minimum absolute atomic E-state index is 0.0598. The lowest BCUT2D eigenvalue weighted by atomic mass is 9.32. The number of rotatable bonds is 4. The quantitative estimate of drug-likeness (QED) is 0.222. The molecule has 0 bridgehead atoms. The topological polar surface area (TPSA) is 46.5 Å². The van der Waals surface area contributed by atoms with E-state index in [2.05, 4.69) is 55.0 Å². The Morgan fingerprint density at radius 1 is 0.857 bits per heavy atom. The Kier molecular flexibility index (Phi) is 7.14. The normalized spacial score (nSPS) is 45.8. The van der Waals surface area contributed by atoms with Crippen molar-refractivity contribution in [2.24, 2.45) is 56.7 Å². The zero-order chi connectivity index (χ0) is 30.3. The minimum atomic E-state index is -0.257. The molecule has 0 heterocycles.